The third-order valence-electron chi connectivity index (χ3n) is 3.05. The van der Waals surface area contributed by atoms with Crippen molar-refractivity contribution in [3.05, 3.63) is 24.3 Å². The Morgan fingerprint density at radius 2 is 1.82 bits per heavy atom. The molecule has 0 spiro atoms. The maximum atomic E-state index is 11.0. The van der Waals surface area contributed by atoms with Gasteiger partial charge >= 0.3 is 0 Å². The minimum absolute atomic E-state index is 0.133. The molecule has 1 fully saturated rings. The van der Waals surface area contributed by atoms with E-state index in [2.05, 4.69) is 5.32 Å². The molecule has 6 heteroatoms. The lowest BCUT2D eigenvalue weighted by molar-refractivity contribution is 0.280. The molecule has 1 aliphatic carbocycles. The number of hydrogen-bond donors (Lipinski definition) is 3. The Morgan fingerprint density at radius 3 is 2.29 bits per heavy atom. The van der Waals surface area contributed by atoms with Gasteiger partial charge in [-0.05, 0) is 43.0 Å². The molecule has 2 rings (SSSR count). The van der Waals surface area contributed by atoms with Crippen molar-refractivity contribution in [3.63, 3.8) is 0 Å². The summed E-state index contributed by atoms with van der Waals surface area (Å²) >= 11 is 0. The summed E-state index contributed by atoms with van der Waals surface area (Å²) < 4.78 is 22.1. The van der Waals surface area contributed by atoms with Gasteiger partial charge in [0, 0.05) is 18.3 Å². The van der Waals surface area contributed by atoms with Crippen LogP contribution in [-0.2, 0) is 10.0 Å². The first kappa shape index (κ1) is 12.3. The van der Waals surface area contributed by atoms with Crippen LogP contribution in [0.1, 0.15) is 12.8 Å². The zero-order valence-electron chi connectivity index (χ0n) is 9.46. The van der Waals surface area contributed by atoms with Crippen LogP contribution in [0.4, 0.5) is 5.69 Å². The SMILES string of the molecule is NC1CC(CNc2ccc(S(N)(=O)=O)cc2)C1. The van der Waals surface area contributed by atoms with Gasteiger partial charge in [-0.2, -0.15) is 0 Å². The molecule has 0 heterocycles. The van der Waals surface area contributed by atoms with Crippen LogP contribution in [0.3, 0.4) is 0 Å². The highest BCUT2D eigenvalue weighted by Crippen LogP contribution is 2.25. The molecule has 5 N–H and O–H groups in total. The smallest absolute Gasteiger partial charge is 0.238 e. The fourth-order valence-electron chi connectivity index (χ4n) is 1.98. The third kappa shape index (κ3) is 3.18. The Balaban J connectivity index is 1.90. The quantitative estimate of drug-likeness (QED) is 0.729. The van der Waals surface area contributed by atoms with E-state index in [1.54, 1.807) is 12.1 Å². The number of nitrogens with one attached hydrogen (secondary N) is 1. The van der Waals surface area contributed by atoms with E-state index in [0.717, 1.165) is 25.1 Å². The molecule has 0 atom stereocenters. The lowest BCUT2D eigenvalue weighted by atomic mass is 9.81. The van der Waals surface area contributed by atoms with Crippen molar-refractivity contribution < 1.29 is 8.42 Å². The number of sulfonamides is 1. The summed E-state index contributed by atoms with van der Waals surface area (Å²) in [4.78, 5) is 0.133. The predicted molar refractivity (Wildman–Crippen MR) is 67.0 cm³/mol. The summed E-state index contributed by atoms with van der Waals surface area (Å²) in [5.74, 6) is 0.628. The van der Waals surface area contributed by atoms with Crippen LogP contribution in [0.2, 0.25) is 0 Å². The fraction of sp³-hybridized carbons (Fsp3) is 0.455. The van der Waals surface area contributed by atoms with E-state index in [9.17, 15) is 8.42 Å². The average molecular weight is 255 g/mol. The van der Waals surface area contributed by atoms with Gasteiger partial charge in [0.2, 0.25) is 10.0 Å². The molecule has 1 aromatic rings. The fourth-order valence-corrected chi connectivity index (χ4v) is 2.49. The molecule has 5 nitrogen and oxygen atoms in total. The first-order valence-electron chi connectivity index (χ1n) is 5.57. The zero-order valence-corrected chi connectivity index (χ0v) is 10.3. The van der Waals surface area contributed by atoms with Crippen molar-refractivity contribution in [1.29, 1.82) is 0 Å². The highest BCUT2D eigenvalue weighted by atomic mass is 32.2. The van der Waals surface area contributed by atoms with E-state index in [0.29, 0.717) is 12.0 Å². The van der Waals surface area contributed by atoms with Gasteiger partial charge in [-0.1, -0.05) is 0 Å². The van der Waals surface area contributed by atoms with Crippen LogP contribution >= 0.6 is 0 Å². The van der Waals surface area contributed by atoms with Crippen molar-refractivity contribution in [2.24, 2.45) is 16.8 Å². The molecular formula is C11H17N3O2S. The Kier molecular flexibility index (Phi) is 3.37. The number of primary sulfonamides is 1. The number of hydrogen-bond acceptors (Lipinski definition) is 4. The second-order valence-corrected chi connectivity index (χ2v) is 6.11. The Labute approximate surface area is 101 Å². The van der Waals surface area contributed by atoms with Crippen molar-refractivity contribution in [3.8, 4) is 0 Å². The normalized spacial score (nSPS) is 24.1. The molecule has 1 saturated carbocycles. The number of nitrogens with two attached hydrogens (primary N) is 2. The van der Waals surface area contributed by atoms with Crippen LogP contribution in [0.15, 0.2) is 29.2 Å². The van der Waals surface area contributed by atoms with E-state index in [-0.39, 0.29) is 4.90 Å². The minimum Gasteiger partial charge on any atom is -0.385 e. The first-order valence-corrected chi connectivity index (χ1v) is 7.12. The summed E-state index contributed by atoms with van der Waals surface area (Å²) in [6.45, 7) is 0.877. The number of anilines is 1. The van der Waals surface area contributed by atoms with Gasteiger partial charge in [0.05, 0.1) is 4.90 Å². The van der Waals surface area contributed by atoms with Gasteiger partial charge in [0.25, 0.3) is 0 Å². The summed E-state index contributed by atoms with van der Waals surface area (Å²) in [6, 6.07) is 6.80. The van der Waals surface area contributed by atoms with E-state index < -0.39 is 10.0 Å². The van der Waals surface area contributed by atoms with Gasteiger partial charge in [-0.3, -0.25) is 0 Å². The lowest BCUT2D eigenvalue weighted by Gasteiger charge is -2.32. The summed E-state index contributed by atoms with van der Waals surface area (Å²) in [6.07, 6.45) is 2.12. The Hall–Kier alpha value is -1.11. The molecule has 17 heavy (non-hydrogen) atoms. The van der Waals surface area contributed by atoms with Crippen molar-refractivity contribution >= 4 is 15.7 Å². The summed E-state index contributed by atoms with van der Waals surface area (Å²) in [5, 5.41) is 8.27. The standard InChI is InChI=1S/C11H17N3O2S/c12-9-5-8(6-9)7-14-10-1-3-11(4-2-10)17(13,15)16/h1-4,8-9,14H,5-7,12H2,(H2,13,15,16). The zero-order chi connectivity index (χ0) is 12.5. The van der Waals surface area contributed by atoms with E-state index >= 15 is 0 Å². The maximum Gasteiger partial charge on any atom is 0.238 e. The van der Waals surface area contributed by atoms with Gasteiger partial charge in [0.1, 0.15) is 0 Å². The van der Waals surface area contributed by atoms with Crippen LogP contribution in [-0.4, -0.2) is 21.0 Å². The van der Waals surface area contributed by atoms with Crippen LogP contribution in [0.25, 0.3) is 0 Å². The first-order chi connectivity index (χ1) is 7.95. The van der Waals surface area contributed by atoms with Crippen LogP contribution in [0.5, 0.6) is 0 Å². The van der Waals surface area contributed by atoms with E-state index in [1.165, 1.54) is 12.1 Å². The molecule has 0 radical (unpaired) electrons. The molecule has 0 aromatic heterocycles. The number of benzene rings is 1. The van der Waals surface area contributed by atoms with Crippen molar-refractivity contribution in [2.45, 2.75) is 23.8 Å². The molecule has 0 aliphatic heterocycles. The van der Waals surface area contributed by atoms with Gasteiger partial charge in [0.15, 0.2) is 0 Å². The lowest BCUT2D eigenvalue weighted by Crippen LogP contribution is -2.39. The average Bonchev–Trinajstić information content (AvgIpc) is 2.22. The molecule has 1 aromatic carbocycles. The van der Waals surface area contributed by atoms with E-state index in [1.807, 2.05) is 0 Å². The molecule has 94 valence electrons. The summed E-state index contributed by atoms with van der Waals surface area (Å²) in [5.41, 5.74) is 6.60. The maximum absolute atomic E-state index is 11.0. The monoisotopic (exact) mass is 255 g/mol. The molecular weight excluding hydrogens is 238 g/mol. The molecule has 1 aliphatic rings. The largest absolute Gasteiger partial charge is 0.385 e. The van der Waals surface area contributed by atoms with E-state index in [4.69, 9.17) is 10.9 Å². The predicted octanol–water partition coefficient (Wildman–Crippen LogP) is 0.483. The Bertz CT molecular complexity index is 478. The van der Waals surface area contributed by atoms with Gasteiger partial charge in [-0.25, -0.2) is 13.6 Å². The second kappa shape index (κ2) is 4.64. The van der Waals surface area contributed by atoms with Gasteiger partial charge in [-0.15, -0.1) is 0 Å². The molecule has 0 unspecified atom stereocenters. The van der Waals surface area contributed by atoms with Crippen LogP contribution < -0.4 is 16.2 Å². The topological polar surface area (TPSA) is 98.2 Å². The van der Waals surface area contributed by atoms with Crippen molar-refractivity contribution in [2.75, 3.05) is 11.9 Å². The van der Waals surface area contributed by atoms with Crippen molar-refractivity contribution in [1.82, 2.24) is 0 Å². The molecule has 0 saturated heterocycles. The molecule has 0 bridgehead atoms. The highest BCUT2D eigenvalue weighted by Gasteiger charge is 2.25. The second-order valence-electron chi connectivity index (χ2n) is 4.55. The minimum atomic E-state index is -3.60. The Morgan fingerprint density at radius 1 is 1.24 bits per heavy atom. The third-order valence-corrected chi connectivity index (χ3v) is 3.98. The highest BCUT2D eigenvalue weighted by molar-refractivity contribution is 7.89. The molecule has 0 amide bonds. The van der Waals surface area contributed by atoms with Crippen LogP contribution in [0, 0.1) is 5.92 Å². The number of rotatable bonds is 4. The summed E-state index contributed by atoms with van der Waals surface area (Å²) in [7, 11) is -3.60. The van der Waals surface area contributed by atoms with Gasteiger partial charge < -0.3 is 11.1 Å².